The van der Waals surface area contributed by atoms with Crippen LogP contribution in [0.5, 0.6) is 0 Å². The van der Waals surface area contributed by atoms with Crippen LogP contribution in [0.3, 0.4) is 0 Å². The molecule has 0 spiro atoms. The summed E-state index contributed by atoms with van der Waals surface area (Å²) in [6.45, 7) is 5.04. The third-order valence-corrected chi connectivity index (χ3v) is 3.71. The quantitative estimate of drug-likeness (QED) is 0.867. The molecule has 0 aromatic carbocycles. The minimum Gasteiger partial charge on any atom is -0.308 e. The van der Waals surface area contributed by atoms with Gasteiger partial charge in [0, 0.05) is 12.7 Å². The average Bonchev–Trinajstić information content (AvgIpc) is 2.46. The Balaban J connectivity index is 2.31. The molecule has 0 aliphatic carbocycles. The van der Waals surface area contributed by atoms with Gasteiger partial charge in [0.2, 0.25) is 5.91 Å². The second-order valence-corrected chi connectivity index (χ2v) is 5.49. The summed E-state index contributed by atoms with van der Waals surface area (Å²) in [5, 5.41) is 3.16. The molecule has 4 nitrogen and oxygen atoms in total. The lowest BCUT2D eigenvalue weighted by molar-refractivity contribution is -0.122. The number of nitrogens with one attached hydrogen (secondary N) is 1. The first-order valence-corrected chi connectivity index (χ1v) is 6.46. The highest BCUT2D eigenvalue weighted by atomic mass is 16.2. The van der Waals surface area contributed by atoms with Gasteiger partial charge < -0.3 is 5.32 Å². The van der Waals surface area contributed by atoms with Gasteiger partial charge in [-0.2, -0.15) is 0 Å². The predicted octanol–water partition coefficient (Wildman–Crippen LogP) is 1.82. The highest BCUT2D eigenvalue weighted by molar-refractivity contribution is 5.97. The molecule has 18 heavy (non-hydrogen) atoms. The Bertz CT molecular complexity index is 416. The molecule has 0 saturated carbocycles. The first kappa shape index (κ1) is 13.0. The van der Waals surface area contributed by atoms with Crippen molar-refractivity contribution >= 4 is 11.7 Å². The van der Waals surface area contributed by atoms with Crippen molar-refractivity contribution in [1.29, 1.82) is 0 Å². The summed E-state index contributed by atoms with van der Waals surface area (Å²) in [6.07, 6.45) is 3.77. The van der Waals surface area contributed by atoms with Crippen LogP contribution in [0.2, 0.25) is 0 Å². The van der Waals surface area contributed by atoms with E-state index in [0.29, 0.717) is 0 Å². The van der Waals surface area contributed by atoms with Gasteiger partial charge in [0.1, 0.15) is 5.82 Å². The molecular formula is C14H21N3O. The van der Waals surface area contributed by atoms with Crippen molar-refractivity contribution in [2.24, 2.45) is 5.41 Å². The van der Waals surface area contributed by atoms with E-state index in [-0.39, 0.29) is 17.4 Å². The average molecular weight is 247 g/mol. The molecule has 1 N–H and O–H groups in total. The number of rotatable bonds is 2. The van der Waals surface area contributed by atoms with E-state index in [4.69, 9.17) is 0 Å². The Hall–Kier alpha value is -1.42. The summed E-state index contributed by atoms with van der Waals surface area (Å²) in [7, 11) is 1.85. The lowest BCUT2D eigenvalue weighted by Crippen LogP contribution is -2.51. The van der Waals surface area contributed by atoms with Crippen LogP contribution in [-0.2, 0) is 4.79 Å². The molecule has 2 rings (SSSR count). The zero-order valence-corrected chi connectivity index (χ0v) is 11.3. The standard InChI is InChI=1S/C14H21N3O/c1-14(2)8-6-10-17(13(18)12(14)15-3)11-7-4-5-9-16-11/h4-5,7,9,12,15H,6,8,10H2,1-3H3. The fourth-order valence-corrected chi connectivity index (χ4v) is 2.69. The summed E-state index contributed by atoms with van der Waals surface area (Å²) >= 11 is 0. The van der Waals surface area contributed by atoms with E-state index >= 15 is 0 Å². The van der Waals surface area contributed by atoms with Crippen molar-refractivity contribution in [2.45, 2.75) is 32.7 Å². The van der Waals surface area contributed by atoms with E-state index in [1.54, 1.807) is 11.1 Å². The van der Waals surface area contributed by atoms with E-state index in [0.717, 1.165) is 25.2 Å². The molecule has 1 aromatic rings. The third kappa shape index (κ3) is 2.38. The predicted molar refractivity (Wildman–Crippen MR) is 72.5 cm³/mol. The first-order chi connectivity index (χ1) is 8.56. The maximum atomic E-state index is 12.6. The Kier molecular flexibility index (Phi) is 3.66. The third-order valence-electron chi connectivity index (χ3n) is 3.71. The molecule has 1 aromatic heterocycles. The number of carbonyl (C=O) groups is 1. The molecule has 1 amide bonds. The molecular weight excluding hydrogens is 226 g/mol. The van der Waals surface area contributed by atoms with Gasteiger partial charge in [0.25, 0.3) is 0 Å². The summed E-state index contributed by atoms with van der Waals surface area (Å²) in [5.41, 5.74) is -0.0185. The molecule has 2 heterocycles. The molecule has 0 radical (unpaired) electrons. The normalized spacial score (nSPS) is 23.8. The summed E-state index contributed by atoms with van der Waals surface area (Å²) in [5.74, 6) is 0.874. The number of amides is 1. The number of anilines is 1. The number of pyridine rings is 1. The van der Waals surface area contributed by atoms with Gasteiger partial charge in [0.15, 0.2) is 0 Å². The minimum atomic E-state index is -0.151. The van der Waals surface area contributed by atoms with Crippen molar-refractivity contribution in [3.63, 3.8) is 0 Å². The molecule has 1 fully saturated rings. The van der Waals surface area contributed by atoms with Crippen molar-refractivity contribution in [2.75, 3.05) is 18.5 Å². The van der Waals surface area contributed by atoms with Gasteiger partial charge in [-0.1, -0.05) is 19.9 Å². The molecule has 1 unspecified atom stereocenters. The van der Waals surface area contributed by atoms with Gasteiger partial charge in [-0.05, 0) is 37.4 Å². The topological polar surface area (TPSA) is 45.2 Å². The number of carbonyl (C=O) groups excluding carboxylic acids is 1. The largest absolute Gasteiger partial charge is 0.308 e. The van der Waals surface area contributed by atoms with E-state index in [1.165, 1.54) is 0 Å². The van der Waals surface area contributed by atoms with Crippen LogP contribution in [0.1, 0.15) is 26.7 Å². The van der Waals surface area contributed by atoms with E-state index < -0.39 is 0 Å². The second kappa shape index (κ2) is 5.06. The summed E-state index contributed by atoms with van der Waals surface area (Å²) in [4.78, 5) is 18.7. The van der Waals surface area contributed by atoms with Gasteiger partial charge in [-0.3, -0.25) is 9.69 Å². The number of hydrogen-bond acceptors (Lipinski definition) is 3. The molecule has 98 valence electrons. The van der Waals surface area contributed by atoms with E-state index in [2.05, 4.69) is 24.1 Å². The number of aromatic nitrogens is 1. The van der Waals surface area contributed by atoms with Crippen LogP contribution in [0, 0.1) is 5.41 Å². The molecule has 1 saturated heterocycles. The Labute approximate surface area is 108 Å². The van der Waals surface area contributed by atoms with E-state index in [9.17, 15) is 4.79 Å². The molecule has 1 aliphatic rings. The van der Waals surface area contributed by atoms with Crippen LogP contribution >= 0.6 is 0 Å². The van der Waals surface area contributed by atoms with Crippen LogP contribution < -0.4 is 10.2 Å². The molecule has 4 heteroatoms. The van der Waals surface area contributed by atoms with E-state index in [1.807, 2.05) is 25.2 Å². The smallest absolute Gasteiger partial charge is 0.245 e. The second-order valence-electron chi connectivity index (χ2n) is 5.49. The Morgan fingerprint density at radius 2 is 2.22 bits per heavy atom. The van der Waals surface area contributed by atoms with Crippen molar-refractivity contribution < 1.29 is 4.79 Å². The molecule has 1 aliphatic heterocycles. The van der Waals surface area contributed by atoms with Gasteiger partial charge in [-0.15, -0.1) is 0 Å². The SMILES string of the molecule is CNC1C(=O)N(c2ccccn2)CCCC1(C)C. The monoisotopic (exact) mass is 247 g/mol. The molecule has 1 atom stereocenters. The fourth-order valence-electron chi connectivity index (χ4n) is 2.69. The minimum absolute atomic E-state index is 0.0185. The van der Waals surface area contributed by atoms with Crippen LogP contribution in [0.4, 0.5) is 5.82 Å². The Morgan fingerprint density at radius 3 is 2.83 bits per heavy atom. The zero-order chi connectivity index (χ0) is 13.2. The lowest BCUT2D eigenvalue weighted by Gasteiger charge is -2.32. The summed E-state index contributed by atoms with van der Waals surface area (Å²) in [6, 6.07) is 5.52. The number of likely N-dealkylation sites (N-methyl/N-ethyl adjacent to an activating group) is 1. The maximum absolute atomic E-state index is 12.6. The lowest BCUT2D eigenvalue weighted by atomic mass is 9.80. The number of nitrogens with zero attached hydrogens (tertiary/aromatic N) is 2. The first-order valence-electron chi connectivity index (χ1n) is 6.46. The summed E-state index contributed by atoms with van der Waals surface area (Å²) < 4.78 is 0. The number of hydrogen-bond donors (Lipinski definition) is 1. The van der Waals surface area contributed by atoms with Crippen LogP contribution in [0.25, 0.3) is 0 Å². The van der Waals surface area contributed by atoms with Crippen molar-refractivity contribution in [3.8, 4) is 0 Å². The van der Waals surface area contributed by atoms with Gasteiger partial charge in [0.05, 0.1) is 6.04 Å². The van der Waals surface area contributed by atoms with Crippen molar-refractivity contribution in [3.05, 3.63) is 24.4 Å². The van der Waals surface area contributed by atoms with Crippen LogP contribution in [0.15, 0.2) is 24.4 Å². The van der Waals surface area contributed by atoms with Crippen molar-refractivity contribution in [1.82, 2.24) is 10.3 Å². The van der Waals surface area contributed by atoms with Gasteiger partial charge >= 0.3 is 0 Å². The maximum Gasteiger partial charge on any atom is 0.245 e. The Morgan fingerprint density at radius 1 is 1.44 bits per heavy atom. The highest BCUT2D eigenvalue weighted by Gasteiger charge is 2.39. The van der Waals surface area contributed by atoms with Crippen LogP contribution in [-0.4, -0.2) is 30.5 Å². The fraction of sp³-hybridized carbons (Fsp3) is 0.571. The molecule has 0 bridgehead atoms. The highest BCUT2D eigenvalue weighted by Crippen LogP contribution is 2.32. The zero-order valence-electron chi connectivity index (χ0n) is 11.3. The van der Waals surface area contributed by atoms with Gasteiger partial charge in [-0.25, -0.2) is 4.98 Å².